The minimum Gasteiger partial charge on any atom is -0.466 e. The lowest BCUT2D eigenvalue weighted by molar-refractivity contribution is -0.150. The third kappa shape index (κ3) is 3.59. The zero-order valence-electron chi connectivity index (χ0n) is 14.9. The summed E-state index contributed by atoms with van der Waals surface area (Å²) in [5.41, 5.74) is -0.501. The van der Waals surface area contributed by atoms with Gasteiger partial charge in [-0.3, -0.25) is 9.59 Å². The Labute approximate surface area is 140 Å². The van der Waals surface area contributed by atoms with Crippen LogP contribution in [-0.4, -0.2) is 18.4 Å². The molecule has 0 radical (unpaired) electrons. The molecule has 3 heteroatoms. The lowest BCUT2D eigenvalue weighted by atomic mass is 9.53. The molecule has 0 heterocycles. The van der Waals surface area contributed by atoms with Crippen LogP contribution in [0.25, 0.3) is 0 Å². The topological polar surface area (TPSA) is 43.4 Å². The molecule has 128 valence electrons. The molecule has 0 aromatic carbocycles. The van der Waals surface area contributed by atoms with E-state index >= 15 is 0 Å². The fraction of sp³-hybridized carbons (Fsp3) is 0.700. The Bertz CT molecular complexity index is 505. The molecule has 0 aromatic heterocycles. The molecule has 2 rings (SSSR count). The van der Waals surface area contributed by atoms with E-state index < -0.39 is 11.4 Å². The number of rotatable bonds is 5. The first-order valence-electron chi connectivity index (χ1n) is 8.93. The predicted octanol–water partition coefficient (Wildman–Crippen LogP) is 4.33. The smallest absolute Gasteiger partial charge is 0.313 e. The van der Waals surface area contributed by atoms with E-state index in [4.69, 9.17) is 4.74 Å². The van der Waals surface area contributed by atoms with Crippen molar-refractivity contribution < 1.29 is 14.3 Å². The van der Waals surface area contributed by atoms with Crippen molar-refractivity contribution >= 4 is 11.8 Å². The standard InChI is InChI=1S/C20H30O3/c1-5-7-16-10-9-15-12-14(3)8-11-17(15)20(16,4)18(21)13-19(22)23-6-2/h5,7,9-10,14-17H,6,8,11-13H2,1-4H3/b7-5+/t14-,15-,16-,17-,20-/m0/s1. The number of carbonyl (C=O) groups excluding carboxylic acids is 2. The van der Waals surface area contributed by atoms with Crippen LogP contribution < -0.4 is 0 Å². The number of allylic oxidation sites excluding steroid dienone is 4. The van der Waals surface area contributed by atoms with Crippen LogP contribution in [-0.2, 0) is 14.3 Å². The van der Waals surface area contributed by atoms with Gasteiger partial charge in [-0.05, 0) is 44.4 Å². The number of Topliss-reactive ketones (excluding diaryl/α,β-unsaturated/α-hetero) is 1. The summed E-state index contributed by atoms with van der Waals surface area (Å²) >= 11 is 0. The van der Waals surface area contributed by atoms with Gasteiger partial charge in [-0.15, -0.1) is 0 Å². The Morgan fingerprint density at radius 1 is 1.30 bits per heavy atom. The zero-order valence-corrected chi connectivity index (χ0v) is 14.9. The molecule has 0 spiro atoms. The molecule has 0 N–H and O–H groups in total. The maximum absolute atomic E-state index is 13.1. The molecular formula is C20H30O3. The number of ether oxygens (including phenoxy) is 1. The average Bonchev–Trinajstić information content (AvgIpc) is 2.50. The SMILES string of the molecule is C/C=C/[C@H]1C=C[C@H]2C[C@@H](C)CC[C@@H]2[C@@]1(C)C(=O)CC(=O)OCC. The number of fused-ring (bicyclic) bond motifs is 1. The maximum atomic E-state index is 13.1. The quantitative estimate of drug-likeness (QED) is 0.430. The molecule has 2 aliphatic rings. The first-order chi connectivity index (χ1) is 10.9. The summed E-state index contributed by atoms with van der Waals surface area (Å²) in [5, 5.41) is 0. The van der Waals surface area contributed by atoms with Crippen molar-refractivity contribution in [2.75, 3.05) is 6.61 Å². The van der Waals surface area contributed by atoms with Crippen LogP contribution >= 0.6 is 0 Å². The van der Waals surface area contributed by atoms with Crippen LogP contribution in [0.3, 0.4) is 0 Å². The van der Waals surface area contributed by atoms with Gasteiger partial charge < -0.3 is 4.74 Å². The average molecular weight is 318 g/mol. The molecule has 2 aliphatic carbocycles. The molecule has 23 heavy (non-hydrogen) atoms. The van der Waals surface area contributed by atoms with E-state index in [0.29, 0.717) is 24.4 Å². The summed E-state index contributed by atoms with van der Waals surface area (Å²) in [6.45, 7) is 8.44. The van der Waals surface area contributed by atoms with Crippen LogP contribution in [0.4, 0.5) is 0 Å². The van der Waals surface area contributed by atoms with Crippen molar-refractivity contribution in [2.45, 2.75) is 53.4 Å². The van der Waals surface area contributed by atoms with Crippen molar-refractivity contribution in [2.24, 2.45) is 29.1 Å². The van der Waals surface area contributed by atoms with E-state index in [1.807, 2.05) is 13.0 Å². The first-order valence-corrected chi connectivity index (χ1v) is 8.93. The monoisotopic (exact) mass is 318 g/mol. The molecule has 0 amide bonds. The summed E-state index contributed by atoms with van der Waals surface area (Å²) < 4.78 is 5.00. The van der Waals surface area contributed by atoms with Gasteiger partial charge in [0, 0.05) is 11.3 Å². The molecule has 1 fully saturated rings. The lowest BCUT2D eigenvalue weighted by Gasteiger charge is -2.49. The van der Waals surface area contributed by atoms with Crippen molar-refractivity contribution in [3.63, 3.8) is 0 Å². The molecule has 0 aromatic rings. The summed E-state index contributed by atoms with van der Waals surface area (Å²) in [6, 6.07) is 0. The fourth-order valence-corrected chi connectivity index (χ4v) is 4.49. The molecule has 0 unspecified atom stereocenters. The second kappa shape index (κ2) is 7.46. The highest BCUT2D eigenvalue weighted by atomic mass is 16.5. The largest absolute Gasteiger partial charge is 0.466 e. The highest BCUT2D eigenvalue weighted by Crippen LogP contribution is 2.53. The lowest BCUT2D eigenvalue weighted by Crippen LogP contribution is -2.48. The van der Waals surface area contributed by atoms with E-state index in [2.05, 4.69) is 32.1 Å². The third-order valence-electron chi connectivity index (χ3n) is 5.80. The molecule has 3 nitrogen and oxygen atoms in total. The van der Waals surface area contributed by atoms with Gasteiger partial charge in [0.1, 0.15) is 6.42 Å². The Balaban J connectivity index is 2.30. The van der Waals surface area contributed by atoms with Gasteiger partial charge in [-0.25, -0.2) is 0 Å². The number of hydrogen-bond acceptors (Lipinski definition) is 3. The van der Waals surface area contributed by atoms with Crippen LogP contribution in [0.15, 0.2) is 24.3 Å². The van der Waals surface area contributed by atoms with Gasteiger partial charge in [0.15, 0.2) is 5.78 Å². The van der Waals surface area contributed by atoms with E-state index in [-0.39, 0.29) is 18.1 Å². The van der Waals surface area contributed by atoms with Gasteiger partial charge >= 0.3 is 5.97 Å². The van der Waals surface area contributed by atoms with E-state index in [1.165, 1.54) is 6.42 Å². The van der Waals surface area contributed by atoms with Gasteiger partial charge in [0.25, 0.3) is 0 Å². The highest BCUT2D eigenvalue weighted by molar-refractivity contribution is 5.99. The molecule has 5 atom stereocenters. The van der Waals surface area contributed by atoms with Gasteiger partial charge in [-0.1, -0.05) is 44.6 Å². The number of ketones is 1. The maximum Gasteiger partial charge on any atom is 0.313 e. The van der Waals surface area contributed by atoms with Crippen molar-refractivity contribution in [1.82, 2.24) is 0 Å². The Hall–Kier alpha value is -1.38. The van der Waals surface area contributed by atoms with Gasteiger partial charge in [0.2, 0.25) is 0 Å². The molecule has 1 saturated carbocycles. The van der Waals surface area contributed by atoms with Crippen LogP contribution in [0, 0.1) is 29.1 Å². The first kappa shape index (κ1) is 18.0. The van der Waals surface area contributed by atoms with Crippen LogP contribution in [0.2, 0.25) is 0 Å². The molecule has 0 saturated heterocycles. The van der Waals surface area contributed by atoms with E-state index in [0.717, 1.165) is 12.8 Å². The third-order valence-corrected chi connectivity index (χ3v) is 5.80. The molecule has 0 aliphatic heterocycles. The summed E-state index contributed by atoms with van der Waals surface area (Å²) in [6.07, 6.45) is 11.9. The van der Waals surface area contributed by atoms with E-state index in [9.17, 15) is 9.59 Å². The zero-order chi connectivity index (χ0) is 17.0. The van der Waals surface area contributed by atoms with Crippen molar-refractivity contribution in [3.8, 4) is 0 Å². The number of esters is 1. The van der Waals surface area contributed by atoms with Crippen molar-refractivity contribution in [3.05, 3.63) is 24.3 Å². The van der Waals surface area contributed by atoms with Crippen molar-refractivity contribution in [1.29, 1.82) is 0 Å². The van der Waals surface area contributed by atoms with Crippen LogP contribution in [0.1, 0.15) is 53.4 Å². The van der Waals surface area contributed by atoms with Crippen LogP contribution in [0.5, 0.6) is 0 Å². The minimum atomic E-state index is -0.501. The second-order valence-corrected chi connectivity index (χ2v) is 7.31. The summed E-state index contributed by atoms with van der Waals surface area (Å²) in [7, 11) is 0. The fourth-order valence-electron chi connectivity index (χ4n) is 4.49. The van der Waals surface area contributed by atoms with E-state index in [1.54, 1.807) is 6.92 Å². The predicted molar refractivity (Wildman–Crippen MR) is 91.8 cm³/mol. The summed E-state index contributed by atoms with van der Waals surface area (Å²) in [4.78, 5) is 24.9. The number of hydrogen-bond donors (Lipinski definition) is 0. The Morgan fingerprint density at radius 2 is 2.04 bits per heavy atom. The van der Waals surface area contributed by atoms with Gasteiger partial charge in [-0.2, -0.15) is 0 Å². The molecular weight excluding hydrogens is 288 g/mol. The Kier molecular flexibility index (Phi) is 5.83. The summed E-state index contributed by atoms with van der Waals surface area (Å²) in [5.74, 6) is 1.21. The normalized spacial score (nSPS) is 36.7. The van der Waals surface area contributed by atoms with Gasteiger partial charge in [0.05, 0.1) is 6.61 Å². The Morgan fingerprint density at radius 3 is 2.70 bits per heavy atom. The number of carbonyl (C=O) groups is 2. The second-order valence-electron chi connectivity index (χ2n) is 7.31. The highest BCUT2D eigenvalue weighted by Gasteiger charge is 2.51. The minimum absolute atomic E-state index is 0.0351. The molecule has 0 bridgehead atoms.